The summed E-state index contributed by atoms with van der Waals surface area (Å²) in [4.78, 5) is 3.85. The first kappa shape index (κ1) is 57.5. The van der Waals surface area contributed by atoms with E-state index < -0.39 is 0 Å². The number of rotatable bonds is 0. The molecule has 46 heavy (non-hydrogen) atoms. The fourth-order valence-corrected chi connectivity index (χ4v) is 3.56. The number of piperazine rings is 1. The van der Waals surface area contributed by atoms with Crippen LogP contribution in [0.1, 0.15) is 134 Å². The normalized spacial score (nSPS) is 18.0. The molecule has 9 heteroatoms. The summed E-state index contributed by atoms with van der Waals surface area (Å²) in [6, 6.07) is 0. The molecule has 0 bridgehead atoms. The minimum atomic E-state index is 0.889. The summed E-state index contributed by atoms with van der Waals surface area (Å²) in [6.45, 7) is 41.4. The number of piperidine rings is 2. The van der Waals surface area contributed by atoms with Gasteiger partial charge in [-0.3, -0.25) is 4.99 Å². The maximum atomic E-state index is 5.01. The predicted octanol–water partition coefficient (Wildman–Crippen LogP) is 6.88. The molecule has 5 saturated heterocycles. The molecule has 6 rings (SSSR count). The Hall–Kier alpha value is -0.810. The molecule has 0 saturated carbocycles. The molecule has 286 valence electrons. The van der Waals surface area contributed by atoms with Crippen molar-refractivity contribution in [2.75, 3.05) is 105 Å². The van der Waals surface area contributed by atoms with Crippen LogP contribution < -0.4 is 31.9 Å². The van der Waals surface area contributed by atoms with Gasteiger partial charge in [0.2, 0.25) is 0 Å². The van der Waals surface area contributed by atoms with E-state index in [1.54, 1.807) is 6.34 Å². The fourth-order valence-electron chi connectivity index (χ4n) is 3.56. The summed E-state index contributed by atoms with van der Waals surface area (Å²) in [5.74, 6) is 0. The van der Waals surface area contributed by atoms with Gasteiger partial charge in [0, 0.05) is 59.0 Å². The Balaban J connectivity index is -0.0000000980. The second-order valence-corrected chi connectivity index (χ2v) is 8.79. The molecule has 6 heterocycles. The molecule has 6 aliphatic heterocycles. The first-order chi connectivity index (χ1) is 23.0. The van der Waals surface area contributed by atoms with E-state index in [1.807, 2.05) is 83.1 Å². The maximum absolute atomic E-state index is 5.01. The monoisotopic (exact) mass is 666 g/mol. The quantitative estimate of drug-likeness (QED) is 0.167. The second-order valence-electron chi connectivity index (χ2n) is 8.79. The Morgan fingerprint density at radius 3 is 0.783 bits per heavy atom. The summed E-state index contributed by atoms with van der Waals surface area (Å²) in [7, 11) is 0. The molecule has 5 fully saturated rings. The molecule has 0 aromatic carbocycles. The van der Waals surface area contributed by atoms with Gasteiger partial charge in [0.25, 0.3) is 0 Å². The van der Waals surface area contributed by atoms with Gasteiger partial charge in [-0.05, 0) is 64.7 Å². The molecule has 0 radical (unpaired) electrons. The number of hydrogen-bond acceptors (Lipinski definition) is 9. The van der Waals surface area contributed by atoms with Crippen LogP contribution >= 0.6 is 0 Å². The van der Waals surface area contributed by atoms with Crippen molar-refractivity contribution in [1.82, 2.24) is 31.9 Å². The van der Waals surface area contributed by atoms with Crippen molar-refractivity contribution < 1.29 is 9.47 Å². The van der Waals surface area contributed by atoms with Crippen LogP contribution in [0.4, 0.5) is 0 Å². The van der Waals surface area contributed by atoms with Crippen LogP contribution in [0.25, 0.3) is 0 Å². The van der Waals surface area contributed by atoms with Crippen molar-refractivity contribution in [2.24, 2.45) is 4.99 Å². The molecular weight excluding hydrogens is 574 g/mol. The number of morpholine rings is 1. The average Bonchev–Trinajstić information content (AvgIpc) is 4.01. The van der Waals surface area contributed by atoms with Gasteiger partial charge in [-0.1, -0.05) is 95.9 Å². The Kier molecular flexibility index (Phi) is 93.5. The van der Waals surface area contributed by atoms with Crippen molar-refractivity contribution in [2.45, 2.75) is 134 Å². The predicted molar refractivity (Wildman–Crippen MR) is 212 cm³/mol. The SMILES string of the molecule is C1=NCCN1.C1CCNCC1.C1CCNCC1.C1CCOC1.C1CNCCN1.C1COCCN1.CC.CC.CC.CC.CC.CC. The zero-order valence-electron chi connectivity index (χ0n) is 33.8. The standard InChI is InChI=1S/2C5H11N.C4H10N2.C4H9NO.C4H8O.C3H6N2.6C2H6/c2*1-2-4-6-5-3-1;1-2-6-4-3-5-1;1-3-6-4-2-5-1;1-2-4-5-3-1;1-2-5-3-4-1;6*1-2/h2*6H,1-5H2;5-6H,1-4H2;5H,1-4H2;1-4H2;3H,1-2H2,(H,4,5);6*1-2H3. The first-order valence-corrected chi connectivity index (χ1v) is 19.9. The highest BCUT2D eigenvalue weighted by Gasteiger charge is 1.96. The van der Waals surface area contributed by atoms with Gasteiger partial charge < -0.3 is 41.4 Å². The summed E-state index contributed by atoms with van der Waals surface area (Å²) in [5, 5.41) is 19.1. The highest BCUT2D eigenvalue weighted by molar-refractivity contribution is 5.56. The van der Waals surface area contributed by atoms with Gasteiger partial charge in [0.15, 0.2) is 0 Å². The van der Waals surface area contributed by atoms with E-state index in [-0.39, 0.29) is 0 Å². The minimum Gasteiger partial charge on any atom is -0.381 e. The van der Waals surface area contributed by atoms with E-state index in [4.69, 9.17) is 9.47 Å². The van der Waals surface area contributed by atoms with Gasteiger partial charge in [0.05, 0.1) is 26.1 Å². The van der Waals surface area contributed by atoms with E-state index in [2.05, 4.69) is 36.9 Å². The van der Waals surface area contributed by atoms with Crippen LogP contribution in [0.3, 0.4) is 0 Å². The molecule has 0 aromatic rings. The molecular formula is C37H91N7O2. The molecule has 0 spiro atoms. The van der Waals surface area contributed by atoms with Crippen LogP contribution in [0, 0.1) is 0 Å². The molecule has 9 nitrogen and oxygen atoms in total. The Bertz CT molecular complexity index is 294. The lowest BCUT2D eigenvalue weighted by atomic mass is 10.2. The van der Waals surface area contributed by atoms with Gasteiger partial charge in [-0.2, -0.15) is 0 Å². The Morgan fingerprint density at radius 2 is 0.674 bits per heavy atom. The number of hydrogen-bond donors (Lipinski definition) is 6. The van der Waals surface area contributed by atoms with Crippen LogP contribution in [-0.2, 0) is 9.47 Å². The molecule has 0 aromatic heterocycles. The molecule has 0 atom stereocenters. The van der Waals surface area contributed by atoms with Crippen molar-refractivity contribution in [1.29, 1.82) is 0 Å². The average molecular weight is 666 g/mol. The van der Waals surface area contributed by atoms with E-state index in [0.717, 1.165) is 78.8 Å². The lowest BCUT2D eigenvalue weighted by molar-refractivity contribution is 0.109. The second kappa shape index (κ2) is 74.8. The molecule has 0 unspecified atom stereocenters. The maximum Gasteiger partial charge on any atom is 0.0825 e. The first-order valence-electron chi connectivity index (χ1n) is 19.9. The summed E-state index contributed by atoms with van der Waals surface area (Å²) in [6.07, 6.45) is 12.7. The minimum absolute atomic E-state index is 0.889. The third-order valence-corrected chi connectivity index (χ3v) is 5.61. The highest BCUT2D eigenvalue weighted by atomic mass is 16.5. The topological polar surface area (TPSA) is 103 Å². The smallest absolute Gasteiger partial charge is 0.0825 e. The van der Waals surface area contributed by atoms with Crippen molar-refractivity contribution in [3.05, 3.63) is 0 Å². The van der Waals surface area contributed by atoms with Crippen LogP contribution in [-0.4, -0.2) is 111 Å². The largest absolute Gasteiger partial charge is 0.381 e. The zero-order valence-corrected chi connectivity index (χ0v) is 33.8. The van der Waals surface area contributed by atoms with Gasteiger partial charge in [0.1, 0.15) is 0 Å². The summed E-state index contributed by atoms with van der Waals surface area (Å²) < 4.78 is 9.95. The van der Waals surface area contributed by atoms with Crippen molar-refractivity contribution in [3.8, 4) is 0 Å². The third-order valence-electron chi connectivity index (χ3n) is 5.61. The van der Waals surface area contributed by atoms with Crippen LogP contribution in [0.5, 0.6) is 0 Å². The number of aliphatic imine (C=N–C) groups is 1. The van der Waals surface area contributed by atoms with Crippen LogP contribution in [0.15, 0.2) is 4.99 Å². The molecule has 6 N–H and O–H groups in total. The van der Waals surface area contributed by atoms with Gasteiger partial charge in [-0.15, -0.1) is 0 Å². The molecule has 6 aliphatic rings. The van der Waals surface area contributed by atoms with E-state index >= 15 is 0 Å². The summed E-state index contributed by atoms with van der Waals surface area (Å²) in [5.41, 5.74) is 0. The fraction of sp³-hybridized carbons (Fsp3) is 0.973. The van der Waals surface area contributed by atoms with E-state index in [1.165, 1.54) is 77.5 Å². The van der Waals surface area contributed by atoms with E-state index in [9.17, 15) is 0 Å². The number of nitrogens with one attached hydrogen (secondary N) is 6. The lowest BCUT2D eigenvalue weighted by Crippen LogP contribution is -2.39. The lowest BCUT2D eigenvalue weighted by Gasteiger charge is -2.11. The zero-order chi connectivity index (χ0) is 36.0. The number of nitrogens with zero attached hydrogens (tertiary/aromatic N) is 1. The third kappa shape index (κ3) is 69.8. The van der Waals surface area contributed by atoms with Crippen LogP contribution in [0.2, 0.25) is 0 Å². The van der Waals surface area contributed by atoms with Crippen molar-refractivity contribution in [3.63, 3.8) is 0 Å². The van der Waals surface area contributed by atoms with Crippen molar-refractivity contribution >= 4 is 6.34 Å². The van der Waals surface area contributed by atoms with E-state index in [0.29, 0.717) is 0 Å². The van der Waals surface area contributed by atoms with Gasteiger partial charge in [-0.25, -0.2) is 0 Å². The van der Waals surface area contributed by atoms with Gasteiger partial charge >= 0.3 is 0 Å². The summed E-state index contributed by atoms with van der Waals surface area (Å²) >= 11 is 0. The Morgan fingerprint density at radius 1 is 0.348 bits per heavy atom. The molecule has 0 amide bonds. The highest BCUT2D eigenvalue weighted by Crippen LogP contribution is 1.98. The Labute approximate surface area is 291 Å². The molecule has 0 aliphatic carbocycles. The number of ether oxygens (including phenoxy) is 2.